The van der Waals surface area contributed by atoms with Gasteiger partial charge in [0, 0.05) is 24.7 Å². The molecule has 8 nitrogen and oxygen atoms in total. The summed E-state index contributed by atoms with van der Waals surface area (Å²) in [5, 5.41) is 20.4. The number of fused-ring (bicyclic) bond motifs is 7. The van der Waals surface area contributed by atoms with Crippen LogP contribution in [0.1, 0.15) is 131 Å². The monoisotopic (exact) mass is 658 g/mol. The zero-order chi connectivity index (χ0) is 33.1. The second-order valence-corrected chi connectivity index (χ2v) is 18.7. The summed E-state index contributed by atoms with van der Waals surface area (Å²) in [5.74, 6) is 2.70. The number of hydrogen-bond acceptors (Lipinski definition) is 7. The van der Waals surface area contributed by atoms with Crippen molar-refractivity contribution in [3.05, 3.63) is 0 Å². The van der Waals surface area contributed by atoms with Gasteiger partial charge in [-0.25, -0.2) is 9.78 Å². The predicted molar refractivity (Wildman–Crippen MR) is 174 cm³/mol. The van der Waals surface area contributed by atoms with Crippen LogP contribution >= 0.6 is 0 Å². The maximum Gasteiger partial charge on any atom is 0.303 e. The number of carboxylic acid groups (broad SMARTS) is 1. The van der Waals surface area contributed by atoms with Crippen molar-refractivity contribution >= 4 is 5.97 Å². The van der Waals surface area contributed by atoms with Crippen LogP contribution in [0, 0.1) is 70.0 Å². The van der Waals surface area contributed by atoms with Gasteiger partial charge in [0.1, 0.15) is 0 Å². The minimum Gasteiger partial charge on any atom is -0.481 e. The third-order valence-electron chi connectivity index (χ3n) is 16.6. The van der Waals surface area contributed by atoms with Crippen molar-refractivity contribution in [2.45, 2.75) is 168 Å². The number of hydrogen-bond donors (Lipinski definition) is 2. The lowest BCUT2D eigenvalue weighted by atomic mass is 9.43. The maximum absolute atomic E-state index is 11.5. The van der Waals surface area contributed by atoms with E-state index in [4.69, 9.17) is 24.0 Å². The number of carboxylic acids is 1. The van der Waals surface area contributed by atoms with E-state index >= 15 is 0 Å². The van der Waals surface area contributed by atoms with Gasteiger partial charge in [-0.3, -0.25) is 4.79 Å². The number of aliphatic hydroxyl groups is 1. The van der Waals surface area contributed by atoms with Crippen LogP contribution in [0.5, 0.6) is 0 Å². The Morgan fingerprint density at radius 3 is 2.38 bits per heavy atom. The van der Waals surface area contributed by atoms with Crippen molar-refractivity contribution in [3.8, 4) is 0 Å². The summed E-state index contributed by atoms with van der Waals surface area (Å²) in [7, 11) is 0. The molecule has 0 aromatic rings. The largest absolute Gasteiger partial charge is 0.481 e. The molecule has 47 heavy (non-hydrogen) atoms. The molecule has 2 N–H and O–H groups in total. The van der Waals surface area contributed by atoms with Gasteiger partial charge in [-0.1, -0.05) is 34.6 Å². The van der Waals surface area contributed by atoms with Gasteiger partial charge < -0.3 is 24.4 Å². The zero-order valence-electron chi connectivity index (χ0n) is 29.8. The number of ether oxygens (including phenoxy) is 3. The Balaban J connectivity index is 1.11. The summed E-state index contributed by atoms with van der Waals surface area (Å²) in [4.78, 5) is 24.0. The number of rotatable bonds is 6. The van der Waals surface area contributed by atoms with Crippen molar-refractivity contribution in [1.29, 1.82) is 0 Å². The summed E-state index contributed by atoms with van der Waals surface area (Å²) in [5.41, 5.74) is -0.184. The Bertz CT molecular complexity index is 1210. The van der Waals surface area contributed by atoms with Crippen LogP contribution in [0.4, 0.5) is 0 Å². The topological polar surface area (TPSA) is 104 Å². The molecule has 5 saturated carbocycles. The van der Waals surface area contributed by atoms with Gasteiger partial charge in [-0.05, 0) is 142 Å². The van der Waals surface area contributed by atoms with Crippen LogP contribution in [0.25, 0.3) is 0 Å². The molecular weight excluding hydrogens is 596 g/mol. The zero-order valence-corrected chi connectivity index (χ0v) is 29.8. The molecule has 9 rings (SSSR count). The van der Waals surface area contributed by atoms with Crippen molar-refractivity contribution < 1.29 is 39.0 Å². The summed E-state index contributed by atoms with van der Waals surface area (Å²) in [6, 6.07) is 0. The lowest BCUT2D eigenvalue weighted by molar-refractivity contribution is -0.578. The molecule has 4 aliphatic heterocycles. The molecule has 0 radical (unpaired) electrons. The Labute approximate surface area is 282 Å². The third kappa shape index (κ3) is 4.98. The highest BCUT2D eigenvalue weighted by atomic mass is 17.3. The van der Waals surface area contributed by atoms with Gasteiger partial charge in [0.2, 0.25) is 5.79 Å². The summed E-state index contributed by atoms with van der Waals surface area (Å²) in [6.07, 6.45) is 12.7. The second kappa shape index (κ2) is 11.6. The molecule has 1 spiro atoms. The van der Waals surface area contributed by atoms with Gasteiger partial charge in [-0.2, -0.15) is 0 Å². The van der Waals surface area contributed by atoms with E-state index in [0.717, 1.165) is 51.4 Å². The molecule has 266 valence electrons. The van der Waals surface area contributed by atoms with Gasteiger partial charge in [0.15, 0.2) is 18.2 Å². The van der Waals surface area contributed by atoms with Crippen molar-refractivity contribution in [2.75, 3.05) is 0 Å². The SMILES string of the molecule is C[C@H]1C(O[C@@H]2CC3C[C@H](O)CC[C@]3(C)C3CC[C@@]4(C)C(CC[C@@H]4[C@H](C)CCC(=O)O)C32)OC2OC3(C)CCC4[C@H](C)CCC1[C@@]24OO3. The highest BCUT2D eigenvalue weighted by molar-refractivity contribution is 5.66. The molecule has 9 fully saturated rings. The summed E-state index contributed by atoms with van der Waals surface area (Å²) < 4.78 is 21.2. The third-order valence-corrected chi connectivity index (χ3v) is 16.6. The number of carbonyl (C=O) groups is 1. The van der Waals surface area contributed by atoms with Crippen LogP contribution in [-0.2, 0) is 28.8 Å². The molecule has 2 bridgehead atoms. The molecular formula is C39H62O8. The van der Waals surface area contributed by atoms with Crippen molar-refractivity contribution in [2.24, 2.45) is 70.0 Å². The van der Waals surface area contributed by atoms with Crippen LogP contribution in [-0.4, -0.2) is 52.4 Å². The van der Waals surface area contributed by atoms with Gasteiger partial charge in [0.25, 0.3) is 0 Å². The van der Waals surface area contributed by atoms with Gasteiger partial charge in [0.05, 0.1) is 12.2 Å². The van der Waals surface area contributed by atoms with E-state index in [2.05, 4.69) is 34.6 Å². The average Bonchev–Trinajstić information content (AvgIpc) is 3.22. The molecule has 4 heterocycles. The highest BCUT2D eigenvalue weighted by Gasteiger charge is 2.70. The summed E-state index contributed by atoms with van der Waals surface area (Å²) >= 11 is 0. The smallest absolute Gasteiger partial charge is 0.303 e. The fraction of sp³-hybridized carbons (Fsp3) is 0.974. The molecule has 9 aliphatic rings. The van der Waals surface area contributed by atoms with Gasteiger partial charge >= 0.3 is 5.97 Å². The Hall–Kier alpha value is -0.770. The molecule has 0 aromatic heterocycles. The number of aliphatic carboxylic acids is 1. The fourth-order valence-corrected chi connectivity index (χ4v) is 14.0. The van der Waals surface area contributed by atoms with E-state index in [1.165, 1.54) is 32.1 Å². The molecule has 18 atom stereocenters. The maximum atomic E-state index is 11.5. The van der Waals surface area contributed by atoms with Crippen molar-refractivity contribution in [1.82, 2.24) is 0 Å². The van der Waals surface area contributed by atoms with Crippen LogP contribution in [0.2, 0.25) is 0 Å². The molecule has 4 saturated heterocycles. The average molecular weight is 659 g/mol. The lowest BCUT2D eigenvalue weighted by Crippen LogP contribution is -2.71. The summed E-state index contributed by atoms with van der Waals surface area (Å²) in [6.45, 7) is 14.1. The first-order chi connectivity index (χ1) is 22.3. The Morgan fingerprint density at radius 2 is 1.60 bits per heavy atom. The van der Waals surface area contributed by atoms with Gasteiger partial charge in [-0.15, -0.1) is 0 Å². The first-order valence-corrected chi connectivity index (χ1v) is 19.5. The lowest BCUT2D eigenvalue weighted by Gasteiger charge is -2.64. The van der Waals surface area contributed by atoms with E-state index in [-0.39, 0.29) is 47.6 Å². The molecule has 5 aliphatic carbocycles. The van der Waals surface area contributed by atoms with Crippen LogP contribution in [0.3, 0.4) is 0 Å². The van der Waals surface area contributed by atoms with Crippen molar-refractivity contribution in [3.63, 3.8) is 0 Å². The van der Waals surface area contributed by atoms with E-state index in [0.29, 0.717) is 47.3 Å². The van der Waals surface area contributed by atoms with E-state index in [1.807, 2.05) is 6.92 Å². The Kier molecular flexibility index (Phi) is 8.26. The second-order valence-electron chi connectivity index (χ2n) is 18.7. The minimum absolute atomic E-state index is 0.0663. The van der Waals surface area contributed by atoms with Crippen LogP contribution < -0.4 is 0 Å². The van der Waals surface area contributed by atoms with E-state index < -0.39 is 23.6 Å². The van der Waals surface area contributed by atoms with Crippen LogP contribution in [0.15, 0.2) is 0 Å². The highest BCUT2D eigenvalue weighted by Crippen LogP contribution is 2.69. The molecule has 8 heteroatoms. The fourth-order valence-electron chi connectivity index (χ4n) is 14.0. The first kappa shape index (κ1) is 33.4. The molecule has 0 aromatic carbocycles. The Morgan fingerprint density at radius 1 is 0.872 bits per heavy atom. The van der Waals surface area contributed by atoms with E-state index in [9.17, 15) is 15.0 Å². The number of aliphatic hydroxyl groups excluding tert-OH is 1. The normalized spacial score (nSPS) is 57.2. The van der Waals surface area contributed by atoms with E-state index in [1.54, 1.807) is 0 Å². The first-order valence-electron chi connectivity index (χ1n) is 19.5. The quantitative estimate of drug-likeness (QED) is 0.221. The molecule has 0 amide bonds. The standard InChI is InChI=1S/C39H62O8/c1-21(8-12-32(41)42)26-10-11-29-33-30(14-17-37(26,29)5)36(4)16-13-25(40)19-24(36)20-31(33)43-34-23(3)28-9-7-22(2)27-15-18-38(6)45-35(44-34)39(27,28)47-46-38/h21-31,33-35,40H,7-20H2,1-6H3,(H,41,42)/t21-,22-,23-,24?,25-,26-,27?,28?,29?,30?,31-,33?,34?,35?,36+,37-,38?,39-/m1/s1. The minimum atomic E-state index is -0.806. The molecule has 9 unspecified atom stereocenters. The predicted octanol–water partition coefficient (Wildman–Crippen LogP) is 7.71.